The minimum Gasteiger partial charge on any atom is -0.514 e. The molecule has 0 aromatic rings. The smallest absolute Gasteiger partial charge is 0.514 e. The minimum absolute atomic E-state index is 0. The summed E-state index contributed by atoms with van der Waals surface area (Å²) < 4.78 is 0. The van der Waals surface area contributed by atoms with Crippen molar-refractivity contribution in [2.75, 3.05) is 0 Å². The number of carbonyl (C=O) groups excluding carboxylic acids is 1. The largest absolute Gasteiger partial charge is 1.00 e. The van der Waals surface area contributed by atoms with Gasteiger partial charge in [0.2, 0.25) is 0 Å². The molecule has 0 saturated heterocycles. The summed E-state index contributed by atoms with van der Waals surface area (Å²) in [5.41, 5.74) is 1.20. The van der Waals surface area contributed by atoms with Gasteiger partial charge in [-0.15, -0.1) is 0 Å². The van der Waals surface area contributed by atoms with Crippen LogP contribution in [0.4, 0.5) is 0 Å². The summed E-state index contributed by atoms with van der Waals surface area (Å²) in [6.07, 6.45) is 5.37. The summed E-state index contributed by atoms with van der Waals surface area (Å²) >= 11 is 0. The molecule has 13 heavy (non-hydrogen) atoms. The molecule has 0 amide bonds. The molecule has 3 fully saturated rings. The van der Waals surface area contributed by atoms with E-state index in [2.05, 4.69) is 0 Å². The Morgan fingerprint density at radius 1 is 1.38 bits per heavy atom. The Morgan fingerprint density at radius 3 is 2.77 bits per heavy atom. The van der Waals surface area contributed by atoms with Crippen LogP contribution in [0.2, 0.25) is 0 Å². The summed E-state index contributed by atoms with van der Waals surface area (Å²) in [6.45, 7) is 5.96. The van der Waals surface area contributed by atoms with E-state index in [1.54, 1.807) is 0 Å². The zero-order valence-electron chi connectivity index (χ0n) is 7.48. The molecule has 0 aromatic heterocycles. The SMILES string of the molecule is [Au+].[CH-]=C1CC2CC(=O)C23CCCC13. The Kier molecular flexibility index (Phi) is 2.10. The molecule has 3 aliphatic carbocycles. The van der Waals surface area contributed by atoms with Gasteiger partial charge in [0, 0.05) is 11.8 Å². The van der Waals surface area contributed by atoms with E-state index in [1.807, 2.05) is 0 Å². The normalized spacial score (nSPS) is 46.5. The van der Waals surface area contributed by atoms with Crippen LogP contribution in [0.25, 0.3) is 0 Å². The summed E-state index contributed by atoms with van der Waals surface area (Å²) in [5.74, 6) is 1.62. The number of hydrogen-bond donors (Lipinski definition) is 0. The van der Waals surface area contributed by atoms with E-state index in [4.69, 9.17) is 6.58 Å². The molecule has 3 rings (SSSR count). The van der Waals surface area contributed by atoms with Gasteiger partial charge in [0.1, 0.15) is 5.78 Å². The van der Waals surface area contributed by atoms with Crippen molar-refractivity contribution in [1.82, 2.24) is 0 Å². The van der Waals surface area contributed by atoms with Crippen molar-refractivity contribution < 1.29 is 27.2 Å². The van der Waals surface area contributed by atoms with Gasteiger partial charge in [0.15, 0.2) is 0 Å². The molecule has 0 heterocycles. The van der Waals surface area contributed by atoms with Crippen molar-refractivity contribution in [3.8, 4) is 0 Å². The molecule has 0 aromatic carbocycles. The maximum atomic E-state index is 11.6. The minimum atomic E-state index is 0. The average Bonchev–Trinajstić information content (AvgIpc) is 2.55. The van der Waals surface area contributed by atoms with Gasteiger partial charge in [-0.3, -0.25) is 10.4 Å². The van der Waals surface area contributed by atoms with Crippen molar-refractivity contribution in [2.45, 2.75) is 32.1 Å². The number of hydrogen-bond acceptors (Lipinski definition) is 1. The third kappa shape index (κ3) is 0.907. The molecule has 3 unspecified atom stereocenters. The topological polar surface area (TPSA) is 17.1 Å². The monoisotopic (exact) mass is 358 g/mol. The van der Waals surface area contributed by atoms with Crippen molar-refractivity contribution in [3.63, 3.8) is 0 Å². The number of Topliss-reactive ketones (excluding diaryl/α,β-unsaturated/α-hetero) is 1. The van der Waals surface area contributed by atoms with Gasteiger partial charge >= 0.3 is 22.4 Å². The molecule has 1 spiro atoms. The second-order valence-corrected chi connectivity index (χ2v) is 4.59. The standard InChI is InChI=1S/C11H13O.Au/c1-7-5-8-6-10(12)11(8)4-2-3-9(7)11;/h1,8-9H,2-6H2;/q-1;+1. The first-order chi connectivity index (χ1) is 5.75. The summed E-state index contributed by atoms with van der Waals surface area (Å²) in [6, 6.07) is 0. The van der Waals surface area contributed by atoms with Gasteiger partial charge in [-0.05, 0) is 24.7 Å². The van der Waals surface area contributed by atoms with Crippen molar-refractivity contribution >= 4 is 5.78 Å². The molecule has 74 valence electrons. The van der Waals surface area contributed by atoms with Crippen LogP contribution in [0.3, 0.4) is 0 Å². The van der Waals surface area contributed by atoms with Gasteiger partial charge in [-0.25, -0.2) is 0 Å². The van der Waals surface area contributed by atoms with E-state index in [-0.39, 0.29) is 27.8 Å². The second-order valence-electron chi connectivity index (χ2n) is 4.59. The average molecular weight is 358 g/mol. The summed E-state index contributed by atoms with van der Waals surface area (Å²) in [5, 5.41) is 0. The van der Waals surface area contributed by atoms with Crippen LogP contribution in [0.1, 0.15) is 32.1 Å². The molecule has 2 heteroatoms. The van der Waals surface area contributed by atoms with Crippen molar-refractivity contribution in [3.05, 3.63) is 12.2 Å². The van der Waals surface area contributed by atoms with Gasteiger partial charge in [-0.1, -0.05) is 12.8 Å². The van der Waals surface area contributed by atoms with E-state index in [1.165, 1.54) is 12.8 Å². The molecule has 3 saturated carbocycles. The second kappa shape index (κ2) is 2.82. The van der Waals surface area contributed by atoms with Gasteiger partial charge in [-0.2, -0.15) is 0 Å². The number of allylic oxidation sites excluding steroid dienone is 1. The van der Waals surface area contributed by atoms with E-state index in [0.29, 0.717) is 17.6 Å². The van der Waals surface area contributed by atoms with Crippen molar-refractivity contribution in [1.29, 1.82) is 0 Å². The zero-order chi connectivity index (χ0) is 8.34. The fourth-order valence-corrected chi connectivity index (χ4v) is 3.74. The summed E-state index contributed by atoms with van der Waals surface area (Å²) in [7, 11) is 0. The van der Waals surface area contributed by atoms with Gasteiger partial charge in [0.25, 0.3) is 0 Å². The van der Waals surface area contributed by atoms with Crippen LogP contribution in [0.5, 0.6) is 0 Å². The maximum absolute atomic E-state index is 11.6. The Bertz CT molecular complexity index is 282. The van der Waals surface area contributed by atoms with Crippen LogP contribution in [-0.2, 0) is 27.2 Å². The quantitative estimate of drug-likeness (QED) is 0.479. The van der Waals surface area contributed by atoms with E-state index in [0.717, 1.165) is 24.8 Å². The number of carbonyl (C=O) groups is 1. The first-order valence-electron chi connectivity index (χ1n) is 4.89. The van der Waals surface area contributed by atoms with Gasteiger partial charge < -0.3 is 6.58 Å². The van der Waals surface area contributed by atoms with Crippen LogP contribution in [0, 0.1) is 23.8 Å². The molecule has 0 N–H and O–H groups in total. The third-order valence-electron chi connectivity index (χ3n) is 4.31. The van der Waals surface area contributed by atoms with Crippen LogP contribution >= 0.6 is 0 Å². The van der Waals surface area contributed by atoms with Crippen LogP contribution in [-0.4, -0.2) is 5.78 Å². The Hall–Kier alpha value is 0.150. The molecular formula is C11H13AuO. The third-order valence-corrected chi connectivity index (χ3v) is 4.31. The first kappa shape index (κ1) is 9.70. The molecule has 3 aliphatic rings. The zero-order valence-corrected chi connectivity index (χ0v) is 9.64. The van der Waals surface area contributed by atoms with E-state index >= 15 is 0 Å². The molecule has 0 radical (unpaired) electrons. The Balaban J connectivity index is 0.000000653. The predicted molar refractivity (Wildman–Crippen MR) is 45.3 cm³/mol. The Labute approximate surface area is 94.5 Å². The Morgan fingerprint density at radius 2 is 2.15 bits per heavy atom. The fraction of sp³-hybridized carbons (Fsp3) is 0.727. The van der Waals surface area contributed by atoms with E-state index in [9.17, 15) is 4.79 Å². The molecule has 0 bridgehead atoms. The van der Waals surface area contributed by atoms with E-state index < -0.39 is 0 Å². The first-order valence-corrected chi connectivity index (χ1v) is 4.89. The van der Waals surface area contributed by atoms with Crippen LogP contribution in [0.15, 0.2) is 5.57 Å². The van der Waals surface area contributed by atoms with Gasteiger partial charge in [0.05, 0.1) is 0 Å². The summed E-state index contributed by atoms with van der Waals surface area (Å²) in [4.78, 5) is 11.6. The van der Waals surface area contributed by atoms with Crippen molar-refractivity contribution in [2.24, 2.45) is 17.3 Å². The number of ketones is 1. The molecule has 0 aliphatic heterocycles. The molecule has 1 nitrogen and oxygen atoms in total. The molecular weight excluding hydrogens is 345 g/mol. The molecule has 3 atom stereocenters. The number of rotatable bonds is 0. The predicted octanol–water partition coefficient (Wildman–Crippen LogP) is 2.12. The fourth-order valence-electron chi connectivity index (χ4n) is 3.74. The maximum Gasteiger partial charge on any atom is 1.00 e. The van der Waals surface area contributed by atoms with Crippen LogP contribution < -0.4 is 0 Å².